The van der Waals surface area contributed by atoms with Gasteiger partial charge in [0.15, 0.2) is 0 Å². The van der Waals surface area contributed by atoms with Crippen molar-refractivity contribution in [1.82, 2.24) is 10.4 Å². The van der Waals surface area contributed by atoms with Crippen LogP contribution in [0.15, 0.2) is 53.6 Å². The third kappa shape index (κ3) is 4.53. The molecule has 2 rings (SSSR count). The van der Waals surface area contributed by atoms with Gasteiger partial charge in [-0.3, -0.25) is 5.43 Å². The first kappa shape index (κ1) is 17.4. The summed E-state index contributed by atoms with van der Waals surface area (Å²) in [5.41, 5.74) is 11.3. The first-order valence-electron chi connectivity index (χ1n) is 7.34. The molecule has 126 valence electrons. The molecule has 0 spiro atoms. The third-order valence-corrected chi connectivity index (χ3v) is 3.46. The molecule has 0 saturated carbocycles. The van der Waals surface area contributed by atoms with Crippen LogP contribution in [0.2, 0.25) is 0 Å². The summed E-state index contributed by atoms with van der Waals surface area (Å²) < 4.78 is 10.7. The lowest BCUT2D eigenvalue weighted by Gasteiger charge is -2.23. The molecule has 7 heteroatoms. The second-order valence-corrected chi connectivity index (χ2v) is 5.01. The number of hydrogen-bond acceptors (Lipinski definition) is 5. The molecule has 2 aromatic carbocycles. The normalized spacial score (nSPS) is 10.3. The van der Waals surface area contributed by atoms with Crippen LogP contribution in [0.25, 0.3) is 0 Å². The van der Waals surface area contributed by atoms with Crippen molar-refractivity contribution in [3.8, 4) is 11.5 Å². The van der Waals surface area contributed by atoms with E-state index in [-0.39, 0.29) is 0 Å². The van der Waals surface area contributed by atoms with Gasteiger partial charge in [-0.2, -0.15) is 5.53 Å². The predicted octanol–water partition coefficient (Wildman–Crippen LogP) is 3.36. The van der Waals surface area contributed by atoms with Gasteiger partial charge < -0.3 is 9.47 Å². The Bertz CT molecular complexity index is 656. The first-order valence-corrected chi connectivity index (χ1v) is 7.34. The van der Waals surface area contributed by atoms with E-state index in [2.05, 4.69) is 10.5 Å². The van der Waals surface area contributed by atoms with E-state index in [9.17, 15) is 4.79 Å². The first-order chi connectivity index (χ1) is 11.7. The standard InChI is InChI=1S/C17H20N4O3/c1-23-15-9-5-3-7-13(15)11-21(20-17(22)19-18)12-14-8-4-6-10-16(14)24-2/h3-10,18H,11-12H2,1-2H3,(H,20,22). The molecule has 0 atom stereocenters. The van der Waals surface area contributed by atoms with Crippen molar-refractivity contribution in [1.29, 1.82) is 5.53 Å². The Morgan fingerprint density at radius 1 is 1.00 bits per heavy atom. The van der Waals surface area contributed by atoms with Gasteiger partial charge in [0.1, 0.15) is 11.5 Å². The molecule has 0 radical (unpaired) electrons. The average Bonchev–Trinajstić information content (AvgIpc) is 2.62. The molecule has 0 heterocycles. The topological polar surface area (TPSA) is 87.0 Å². The number of methoxy groups -OCH3 is 2. The predicted molar refractivity (Wildman–Crippen MR) is 88.9 cm³/mol. The number of ether oxygens (including phenoxy) is 2. The van der Waals surface area contributed by atoms with Gasteiger partial charge in [0.25, 0.3) is 0 Å². The highest BCUT2D eigenvalue weighted by molar-refractivity contribution is 5.73. The van der Waals surface area contributed by atoms with Gasteiger partial charge >= 0.3 is 6.03 Å². The minimum Gasteiger partial charge on any atom is -0.496 e. The Morgan fingerprint density at radius 2 is 1.46 bits per heavy atom. The molecule has 7 nitrogen and oxygen atoms in total. The molecule has 0 aliphatic carbocycles. The fourth-order valence-corrected chi connectivity index (χ4v) is 2.37. The van der Waals surface area contributed by atoms with Crippen molar-refractivity contribution in [3.63, 3.8) is 0 Å². The summed E-state index contributed by atoms with van der Waals surface area (Å²) >= 11 is 0. The van der Waals surface area contributed by atoms with Gasteiger partial charge in [-0.05, 0) is 12.1 Å². The highest BCUT2D eigenvalue weighted by atomic mass is 16.5. The van der Waals surface area contributed by atoms with E-state index in [0.717, 1.165) is 22.6 Å². The Hall–Kier alpha value is -2.93. The lowest BCUT2D eigenvalue weighted by atomic mass is 10.1. The van der Waals surface area contributed by atoms with Gasteiger partial charge in [-0.1, -0.05) is 41.5 Å². The van der Waals surface area contributed by atoms with Gasteiger partial charge in [-0.25, -0.2) is 9.80 Å². The Balaban J connectivity index is 2.24. The van der Waals surface area contributed by atoms with E-state index < -0.39 is 6.03 Å². The summed E-state index contributed by atoms with van der Waals surface area (Å²) in [6, 6.07) is 14.4. The zero-order valence-electron chi connectivity index (χ0n) is 13.7. The third-order valence-electron chi connectivity index (χ3n) is 3.46. The fourth-order valence-electron chi connectivity index (χ4n) is 2.37. The highest BCUT2D eigenvalue weighted by Gasteiger charge is 2.14. The fraction of sp³-hybridized carbons (Fsp3) is 0.235. The van der Waals surface area contributed by atoms with Crippen LogP contribution in [-0.4, -0.2) is 25.3 Å². The lowest BCUT2D eigenvalue weighted by Crippen LogP contribution is -2.39. The van der Waals surface area contributed by atoms with Crippen molar-refractivity contribution in [2.45, 2.75) is 13.1 Å². The van der Waals surface area contributed by atoms with Crippen LogP contribution in [0.3, 0.4) is 0 Å². The average molecular weight is 328 g/mol. The van der Waals surface area contributed by atoms with Crippen LogP contribution in [0, 0.1) is 5.53 Å². The monoisotopic (exact) mass is 328 g/mol. The van der Waals surface area contributed by atoms with E-state index in [1.165, 1.54) is 0 Å². The molecular weight excluding hydrogens is 308 g/mol. The van der Waals surface area contributed by atoms with Crippen LogP contribution in [0.5, 0.6) is 11.5 Å². The van der Waals surface area contributed by atoms with Gasteiger partial charge in [0.2, 0.25) is 0 Å². The minimum atomic E-state index is -0.736. The molecule has 0 unspecified atom stereocenters. The van der Waals surface area contributed by atoms with Crippen molar-refractivity contribution in [3.05, 3.63) is 59.7 Å². The van der Waals surface area contributed by atoms with Gasteiger partial charge in [0, 0.05) is 24.2 Å². The quantitative estimate of drug-likeness (QED) is 0.602. The largest absolute Gasteiger partial charge is 0.496 e. The summed E-state index contributed by atoms with van der Waals surface area (Å²) in [5.74, 6) is 1.44. The van der Waals surface area contributed by atoms with Crippen molar-refractivity contribution in [2.75, 3.05) is 14.2 Å². The smallest absolute Gasteiger partial charge is 0.373 e. The number of para-hydroxylation sites is 2. The molecule has 0 aromatic heterocycles. The number of hydrazine groups is 1. The molecule has 24 heavy (non-hydrogen) atoms. The van der Waals surface area contributed by atoms with E-state index in [4.69, 9.17) is 15.0 Å². The lowest BCUT2D eigenvalue weighted by molar-refractivity contribution is 0.166. The summed E-state index contributed by atoms with van der Waals surface area (Å²) in [6.07, 6.45) is 0. The zero-order valence-corrected chi connectivity index (χ0v) is 13.7. The number of carbonyl (C=O) groups excluding carboxylic acids is 1. The summed E-state index contributed by atoms with van der Waals surface area (Å²) in [4.78, 5) is 11.5. The van der Waals surface area contributed by atoms with E-state index in [1.54, 1.807) is 19.2 Å². The van der Waals surface area contributed by atoms with Crippen molar-refractivity contribution in [2.24, 2.45) is 5.11 Å². The van der Waals surface area contributed by atoms with E-state index >= 15 is 0 Å². The molecule has 2 amide bonds. The second-order valence-electron chi connectivity index (χ2n) is 5.01. The Labute approximate surface area is 140 Å². The van der Waals surface area contributed by atoms with E-state index in [1.807, 2.05) is 48.5 Å². The number of hydrogen-bond donors (Lipinski definition) is 2. The number of carbonyl (C=O) groups is 1. The highest BCUT2D eigenvalue weighted by Crippen LogP contribution is 2.22. The van der Waals surface area contributed by atoms with Crippen molar-refractivity contribution < 1.29 is 14.3 Å². The van der Waals surface area contributed by atoms with Gasteiger partial charge in [-0.15, -0.1) is 0 Å². The number of urea groups is 1. The maximum atomic E-state index is 11.5. The van der Waals surface area contributed by atoms with Crippen LogP contribution in [0.1, 0.15) is 11.1 Å². The molecule has 0 bridgehead atoms. The molecular formula is C17H20N4O3. The number of nitrogens with one attached hydrogen (secondary N) is 2. The van der Waals surface area contributed by atoms with E-state index in [0.29, 0.717) is 13.1 Å². The Kier molecular flexibility index (Phi) is 6.27. The second kappa shape index (κ2) is 8.64. The number of amides is 2. The van der Waals surface area contributed by atoms with Gasteiger partial charge in [0.05, 0.1) is 14.2 Å². The molecule has 0 aliphatic rings. The molecule has 0 aliphatic heterocycles. The number of rotatable bonds is 7. The minimum absolute atomic E-state index is 0.392. The number of nitrogens with zero attached hydrogens (tertiary/aromatic N) is 2. The molecule has 0 fully saturated rings. The summed E-state index contributed by atoms with van der Waals surface area (Å²) in [5, 5.41) is 4.56. The van der Waals surface area contributed by atoms with Crippen LogP contribution >= 0.6 is 0 Å². The summed E-state index contributed by atoms with van der Waals surface area (Å²) in [7, 11) is 3.20. The van der Waals surface area contributed by atoms with Crippen LogP contribution in [0.4, 0.5) is 4.79 Å². The van der Waals surface area contributed by atoms with Crippen molar-refractivity contribution >= 4 is 6.03 Å². The SMILES string of the molecule is COc1ccccc1CN(Cc1ccccc1OC)NC(=O)N=N. The van der Waals surface area contributed by atoms with Crippen LogP contribution < -0.4 is 14.9 Å². The molecule has 2 aromatic rings. The maximum absolute atomic E-state index is 11.5. The summed E-state index contributed by atoms with van der Waals surface area (Å²) in [6.45, 7) is 0.784. The van der Waals surface area contributed by atoms with Crippen LogP contribution in [-0.2, 0) is 13.1 Å². The maximum Gasteiger partial charge on any atom is 0.373 e. The molecule has 0 saturated heterocycles. The zero-order chi connectivity index (χ0) is 17.4. The number of benzene rings is 2. The Morgan fingerprint density at radius 3 is 1.88 bits per heavy atom. The molecule has 2 N–H and O–H groups in total.